The molecule has 3 rings (SSSR count). The monoisotopic (exact) mass is 404 g/mol. The Morgan fingerprint density at radius 3 is 2.44 bits per heavy atom. The SMILES string of the molecule is COc1ccc(C(=O)O)cc1S(=O)(=O)Nc1ccc(-c2csc(C)n2)cc1. The van der Waals surface area contributed by atoms with E-state index in [1.165, 1.54) is 30.6 Å². The highest BCUT2D eigenvalue weighted by molar-refractivity contribution is 7.92. The first-order valence-corrected chi connectivity index (χ1v) is 10.1. The molecular formula is C18H16N2O5S2. The summed E-state index contributed by atoms with van der Waals surface area (Å²) in [5.74, 6) is -1.17. The van der Waals surface area contributed by atoms with Crippen molar-refractivity contribution < 1.29 is 23.1 Å². The van der Waals surface area contributed by atoms with Crippen molar-refractivity contribution in [2.75, 3.05) is 11.8 Å². The van der Waals surface area contributed by atoms with Crippen LogP contribution in [0.4, 0.5) is 5.69 Å². The Bertz CT molecular complexity index is 1090. The molecule has 0 atom stereocenters. The van der Waals surface area contributed by atoms with E-state index in [1.807, 2.05) is 12.3 Å². The average Bonchev–Trinajstić information content (AvgIpc) is 3.07. The quantitative estimate of drug-likeness (QED) is 0.650. The van der Waals surface area contributed by atoms with E-state index in [4.69, 9.17) is 9.84 Å². The van der Waals surface area contributed by atoms with Crippen molar-refractivity contribution >= 4 is 33.0 Å². The van der Waals surface area contributed by atoms with Gasteiger partial charge in [0.1, 0.15) is 10.6 Å². The van der Waals surface area contributed by atoms with Gasteiger partial charge in [-0.05, 0) is 37.3 Å². The van der Waals surface area contributed by atoms with E-state index < -0.39 is 16.0 Å². The van der Waals surface area contributed by atoms with E-state index in [-0.39, 0.29) is 16.2 Å². The van der Waals surface area contributed by atoms with Gasteiger partial charge in [-0.15, -0.1) is 11.3 Å². The number of aromatic nitrogens is 1. The molecule has 0 amide bonds. The van der Waals surface area contributed by atoms with Gasteiger partial charge in [-0.2, -0.15) is 0 Å². The van der Waals surface area contributed by atoms with Gasteiger partial charge in [0.2, 0.25) is 0 Å². The molecule has 0 aliphatic heterocycles. The van der Waals surface area contributed by atoms with Gasteiger partial charge in [0.05, 0.1) is 23.4 Å². The molecular weight excluding hydrogens is 388 g/mol. The van der Waals surface area contributed by atoms with E-state index in [9.17, 15) is 13.2 Å². The molecule has 0 radical (unpaired) electrons. The van der Waals surface area contributed by atoms with Gasteiger partial charge in [-0.25, -0.2) is 18.2 Å². The van der Waals surface area contributed by atoms with Crippen molar-refractivity contribution in [1.29, 1.82) is 0 Å². The maximum atomic E-state index is 12.7. The fourth-order valence-electron chi connectivity index (χ4n) is 2.43. The van der Waals surface area contributed by atoms with Crippen LogP contribution in [0.1, 0.15) is 15.4 Å². The first-order chi connectivity index (χ1) is 12.8. The molecule has 2 N–H and O–H groups in total. The molecule has 0 bridgehead atoms. The van der Waals surface area contributed by atoms with Gasteiger partial charge in [-0.1, -0.05) is 12.1 Å². The predicted molar refractivity (Wildman–Crippen MR) is 103 cm³/mol. The third-order valence-electron chi connectivity index (χ3n) is 3.75. The maximum absolute atomic E-state index is 12.7. The molecule has 0 unspecified atom stereocenters. The second-order valence-corrected chi connectivity index (χ2v) is 8.32. The van der Waals surface area contributed by atoms with Gasteiger partial charge < -0.3 is 9.84 Å². The summed E-state index contributed by atoms with van der Waals surface area (Å²) in [5.41, 5.74) is 1.88. The zero-order valence-corrected chi connectivity index (χ0v) is 16.1. The van der Waals surface area contributed by atoms with Crippen molar-refractivity contribution in [3.8, 4) is 17.0 Å². The molecule has 0 spiro atoms. The van der Waals surface area contributed by atoms with Crippen LogP contribution in [0.3, 0.4) is 0 Å². The van der Waals surface area contributed by atoms with Crippen LogP contribution in [0.15, 0.2) is 52.7 Å². The molecule has 9 heteroatoms. The molecule has 0 saturated heterocycles. The van der Waals surface area contributed by atoms with Crippen LogP contribution in [0.2, 0.25) is 0 Å². The van der Waals surface area contributed by atoms with E-state index >= 15 is 0 Å². The van der Waals surface area contributed by atoms with Gasteiger partial charge in [-0.3, -0.25) is 4.72 Å². The average molecular weight is 404 g/mol. The summed E-state index contributed by atoms with van der Waals surface area (Å²) in [6.07, 6.45) is 0. The Kier molecular flexibility index (Phi) is 5.15. The Morgan fingerprint density at radius 2 is 1.89 bits per heavy atom. The summed E-state index contributed by atoms with van der Waals surface area (Å²) < 4.78 is 32.9. The number of benzene rings is 2. The van der Waals surface area contributed by atoms with E-state index in [1.54, 1.807) is 24.3 Å². The molecule has 27 heavy (non-hydrogen) atoms. The van der Waals surface area contributed by atoms with Crippen molar-refractivity contribution in [3.05, 3.63) is 58.4 Å². The Morgan fingerprint density at radius 1 is 1.19 bits per heavy atom. The Balaban J connectivity index is 1.90. The molecule has 0 aliphatic carbocycles. The van der Waals surface area contributed by atoms with Gasteiger partial charge >= 0.3 is 5.97 Å². The first kappa shape index (κ1) is 18.9. The largest absolute Gasteiger partial charge is 0.495 e. The second-order valence-electron chi connectivity index (χ2n) is 5.61. The number of carboxylic acid groups (broad SMARTS) is 1. The molecule has 2 aromatic carbocycles. The first-order valence-electron chi connectivity index (χ1n) is 7.77. The number of hydrogen-bond acceptors (Lipinski definition) is 6. The van der Waals surface area contributed by atoms with Crippen LogP contribution < -0.4 is 9.46 Å². The lowest BCUT2D eigenvalue weighted by molar-refractivity contribution is 0.0696. The number of aryl methyl sites for hydroxylation is 1. The van der Waals surface area contributed by atoms with Gasteiger partial charge in [0.15, 0.2) is 0 Å². The van der Waals surface area contributed by atoms with Crippen molar-refractivity contribution in [1.82, 2.24) is 4.98 Å². The van der Waals surface area contributed by atoms with Crippen LogP contribution in [0, 0.1) is 6.92 Å². The minimum absolute atomic E-state index is 0.0575. The molecule has 1 aromatic heterocycles. The third-order valence-corrected chi connectivity index (χ3v) is 5.93. The molecule has 140 valence electrons. The standard InChI is InChI=1S/C18H16N2O5S2/c1-11-19-15(10-26-11)12-3-6-14(7-4-12)20-27(23,24)17-9-13(18(21)22)5-8-16(17)25-2/h3-10,20H,1-2H3,(H,21,22). The summed E-state index contributed by atoms with van der Waals surface area (Å²) in [5, 5.41) is 12.0. The third kappa shape index (κ3) is 4.09. The number of ether oxygens (including phenoxy) is 1. The number of anilines is 1. The number of thiazole rings is 1. The molecule has 0 aliphatic rings. The lowest BCUT2D eigenvalue weighted by Crippen LogP contribution is -2.15. The van der Waals surface area contributed by atoms with E-state index in [0.29, 0.717) is 5.69 Å². The molecule has 0 fully saturated rings. The summed E-state index contributed by atoms with van der Waals surface area (Å²) in [6.45, 7) is 1.91. The van der Waals surface area contributed by atoms with Gasteiger partial charge in [0, 0.05) is 16.6 Å². The summed E-state index contributed by atoms with van der Waals surface area (Å²) in [6, 6.07) is 10.4. The summed E-state index contributed by atoms with van der Waals surface area (Å²) in [7, 11) is -2.72. The zero-order valence-electron chi connectivity index (χ0n) is 14.5. The molecule has 0 saturated carbocycles. The topological polar surface area (TPSA) is 106 Å². The van der Waals surface area contributed by atoms with E-state index in [0.717, 1.165) is 22.3 Å². The van der Waals surface area contributed by atoms with Gasteiger partial charge in [0.25, 0.3) is 10.0 Å². The number of rotatable bonds is 6. The highest BCUT2D eigenvalue weighted by Gasteiger charge is 2.22. The summed E-state index contributed by atoms with van der Waals surface area (Å²) in [4.78, 5) is 15.3. The molecule has 1 heterocycles. The van der Waals surface area contributed by atoms with E-state index in [2.05, 4.69) is 9.71 Å². The van der Waals surface area contributed by atoms with Crippen LogP contribution in [0.5, 0.6) is 5.75 Å². The number of nitrogens with one attached hydrogen (secondary N) is 1. The fourth-order valence-corrected chi connectivity index (χ4v) is 4.31. The van der Waals surface area contributed by atoms with Crippen LogP contribution in [-0.4, -0.2) is 31.6 Å². The molecule has 7 nitrogen and oxygen atoms in total. The molecule has 3 aromatic rings. The zero-order chi connectivity index (χ0) is 19.6. The second kappa shape index (κ2) is 7.37. The number of aromatic carboxylic acids is 1. The number of carbonyl (C=O) groups is 1. The van der Waals surface area contributed by atoms with Crippen molar-refractivity contribution in [2.24, 2.45) is 0 Å². The number of hydrogen-bond donors (Lipinski definition) is 2. The fraction of sp³-hybridized carbons (Fsp3) is 0.111. The summed E-state index contributed by atoms with van der Waals surface area (Å²) >= 11 is 1.53. The number of methoxy groups -OCH3 is 1. The normalized spacial score (nSPS) is 11.2. The Labute approximate surface area is 160 Å². The van der Waals surface area contributed by atoms with Crippen molar-refractivity contribution in [2.45, 2.75) is 11.8 Å². The number of nitrogens with zero attached hydrogens (tertiary/aromatic N) is 1. The lowest BCUT2D eigenvalue weighted by atomic mass is 10.1. The minimum Gasteiger partial charge on any atom is -0.495 e. The van der Waals surface area contributed by atoms with Crippen molar-refractivity contribution in [3.63, 3.8) is 0 Å². The number of carboxylic acids is 1. The maximum Gasteiger partial charge on any atom is 0.335 e. The highest BCUT2D eigenvalue weighted by atomic mass is 32.2. The van der Waals surface area contributed by atoms with Crippen LogP contribution in [0.25, 0.3) is 11.3 Å². The highest BCUT2D eigenvalue weighted by Crippen LogP contribution is 2.28. The minimum atomic E-state index is -4.04. The van der Waals surface area contributed by atoms with Crippen LogP contribution >= 0.6 is 11.3 Å². The smallest absolute Gasteiger partial charge is 0.335 e. The lowest BCUT2D eigenvalue weighted by Gasteiger charge is -2.12. The Hall–Kier alpha value is -2.91. The number of sulfonamides is 1. The van der Waals surface area contributed by atoms with Crippen LogP contribution in [-0.2, 0) is 10.0 Å². The predicted octanol–water partition coefficient (Wildman–Crippen LogP) is 3.63.